The average Bonchev–Trinajstić information content (AvgIpc) is 1.62. The molecule has 0 saturated carbocycles. The third kappa shape index (κ3) is 13.6. The second-order valence-corrected chi connectivity index (χ2v) is 35.8. The molecule has 18 aromatic carbocycles. The monoisotopic (exact) mass is 1740 g/mol. The lowest BCUT2D eigenvalue weighted by atomic mass is 10.0. The van der Waals surface area contributed by atoms with Gasteiger partial charge in [0.25, 0.3) is 0 Å². The summed E-state index contributed by atoms with van der Waals surface area (Å²) in [5, 5.41) is 15.2. The fourth-order valence-electron chi connectivity index (χ4n) is 18.7. The lowest BCUT2D eigenvalue weighted by molar-refractivity contribution is 0.955. The van der Waals surface area contributed by atoms with E-state index in [4.69, 9.17) is 44.9 Å². The molecule has 27 aromatic rings. The molecule has 0 bridgehead atoms. The molecule has 0 unspecified atom stereocenters. The molecular weight excluding hydrogens is 1670 g/mol. The van der Waals surface area contributed by atoms with Crippen LogP contribution in [0.5, 0.6) is 0 Å². The van der Waals surface area contributed by atoms with Crippen molar-refractivity contribution >= 4 is 160 Å². The van der Waals surface area contributed by atoms with Gasteiger partial charge >= 0.3 is 0 Å². The highest BCUT2D eigenvalue weighted by atomic mass is 32.1. The first-order valence-corrected chi connectivity index (χ1v) is 46.3. The summed E-state index contributed by atoms with van der Waals surface area (Å²) in [6.07, 6.45) is 0. The maximum Gasteiger partial charge on any atom is 0.238 e. The Bertz CT molecular complexity index is 8950. The number of nitrogens with zero attached hydrogens (tertiary/aromatic N) is 12. The van der Waals surface area contributed by atoms with Crippen molar-refractivity contribution in [2.75, 3.05) is 0 Å². The zero-order chi connectivity index (χ0) is 87.1. The Kier molecular flexibility index (Phi) is 19.2. The summed E-state index contributed by atoms with van der Waals surface area (Å²) >= 11 is 5.60. The predicted octanol–water partition coefficient (Wildman–Crippen LogP) is 31.0. The summed E-state index contributed by atoms with van der Waals surface area (Å²) in [5.41, 5.74) is 19.3. The van der Waals surface area contributed by atoms with Crippen LogP contribution in [0.2, 0.25) is 0 Å². The number of rotatable bonds is 12. The molecule has 9 aromatic heterocycles. The van der Waals surface area contributed by atoms with Crippen LogP contribution in [0.1, 0.15) is 0 Å². The van der Waals surface area contributed by atoms with Crippen molar-refractivity contribution < 1.29 is 0 Å². The second kappa shape index (κ2) is 32.7. The minimum Gasteiger partial charge on any atom is -0.309 e. The Morgan fingerprint density at radius 3 is 0.902 bits per heavy atom. The van der Waals surface area contributed by atoms with Crippen molar-refractivity contribution in [1.82, 2.24) is 58.6 Å². The summed E-state index contributed by atoms with van der Waals surface area (Å²) in [7, 11) is 0. The number of benzene rings is 18. The summed E-state index contributed by atoms with van der Waals surface area (Å²) < 4.78 is 14.8. The van der Waals surface area contributed by atoms with E-state index in [0.29, 0.717) is 52.5 Å². The van der Waals surface area contributed by atoms with Crippen molar-refractivity contribution in [3.05, 3.63) is 437 Å². The van der Waals surface area contributed by atoms with Crippen LogP contribution >= 0.6 is 34.0 Å². The lowest BCUT2D eigenvalue weighted by Gasteiger charge is -2.11. The van der Waals surface area contributed by atoms with Gasteiger partial charge in [0, 0.05) is 149 Å². The Morgan fingerprint density at radius 2 is 0.470 bits per heavy atom. The van der Waals surface area contributed by atoms with Crippen molar-refractivity contribution in [3.63, 3.8) is 0 Å². The first-order valence-electron chi connectivity index (χ1n) is 43.9. The van der Waals surface area contributed by atoms with Crippen LogP contribution < -0.4 is 0 Å². The van der Waals surface area contributed by atoms with E-state index in [1.54, 1.807) is 0 Å². The zero-order valence-electron chi connectivity index (χ0n) is 70.7. The Hall–Kier alpha value is -17.0. The molecule has 12 nitrogen and oxygen atoms in total. The Labute approximate surface area is 769 Å². The van der Waals surface area contributed by atoms with E-state index in [0.717, 1.165) is 66.9 Å². The summed E-state index contributed by atoms with van der Waals surface area (Å²) in [6.45, 7) is 0. The molecule has 0 atom stereocenters. The Balaban J connectivity index is 0.000000107. The number of thiophene rings is 3. The van der Waals surface area contributed by atoms with Crippen LogP contribution in [0.3, 0.4) is 0 Å². The molecule has 0 fully saturated rings. The maximum absolute atomic E-state index is 5.09. The van der Waals surface area contributed by atoms with Crippen LogP contribution in [0, 0.1) is 0 Å². The normalized spacial score (nSPS) is 11.6. The predicted molar refractivity (Wildman–Crippen MR) is 550 cm³/mol. The molecule has 0 amide bonds. The first kappa shape index (κ1) is 77.4. The number of hydrogen-bond acceptors (Lipinski definition) is 12. The summed E-state index contributed by atoms with van der Waals surface area (Å²) in [6, 6.07) is 152. The smallest absolute Gasteiger partial charge is 0.238 e. The minimum absolute atomic E-state index is 0.617. The molecule has 0 aliphatic carbocycles. The van der Waals surface area contributed by atoms with Gasteiger partial charge in [0.1, 0.15) is 0 Å². The van der Waals surface area contributed by atoms with Gasteiger partial charge in [0.2, 0.25) is 5.95 Å². The highest BCUT2D eigenvalue weighted by molar-refractivity contribution is 7.27. The molecule has 0 N–H and O–H groups in total. The van der Waals surface area contributed by atoms with E-state index in [1.807, 2.05) is 216 Å². The molecule has 0 aliphatic rings. The standard InChI is InChI=1S/C45H28N4S.C39H24N4S.C33H20N4S/c1-4-13-29(14-5-1)34-20-12-21-35-36-27-28-39-40(42(36)50-41(34)35)37-19-10-11-22-38(37)49(39)33-25-23-32(24-26-33)45-47-43(30-15-6-2-7-16-30)46-44(48-45)31-17-8-3-9-18-31;1-3-11-25(12-4-1)37-40-38(26-13-5-2-6-14-26)42-39(41-37)27-19-21-28(22-20-27)43-32-17-9-7-16-31(32)35-33(43)24-23-30-29-15-8-10-18-34(29)44-36(30)35;1-3-11-21(12-4-1)31-34-32(22-13-5-2-6-14-22)36-33(35-31)37-26-17-9-7-15-23(26)24-19-20-28-29(30(24)37)25-16-8-10-18-27(25)38-28/h1-28H;1-24H;1-20H. The van der Waals surface area contributed by atoms with E-state index in [-0.39, 0.29) is 0 Å². The van der Waals surface area contributed by atoms with Crippen LogP contribution in [-0.4, -0.2) is 58.6 Å². The molecule has 0 spiro atoms. The third-order valence-electron chi connectivity index (χ3n) is 24.8. The molecular formula is C117H72N12S3. The molecule has 0 radical (unpaired) electrons. The summed E-state index contributed by atoms with van der Waals surface area (Å²) in [5.74, 6) is 5.86. The van der Waals surface area contributed by atoms with Crippen molar-refractivity contribution in [1.29, 1.82) is 0 Å². The van der Waals surface area contributed by atoms with Gasteiger partial charge in [-0.2, -0.15) is 9.97 Å². The van der Waals surface area contributed by atoms with E-state index in [9.17, 15) is 0 Å². The lowest BCUT2D eigenvalue weighted by Crippen LogP contribution is -2.06. The van der Waals surface area contributed by atoms with Gasteiger partial charge in [-0.15, -0.1) is 34.0 Å². The van der Waals surface area contributed by atoms with E-state index in [2.05, 4.69) is 268 Å². The fourth-order valence-corrected chi connectivity index (χ4v) is 22.5. The zero-order valence-corrected chi connectivity index (χ0v) is 73.1. The van der Waals surface area contributed by atoms with Gasteiger partial charge in [-0.1, -0.05) is 340 Å². The van der Waals surface area contributed by atoms with Crippen molar-refractivity contribution in [3.8, 4) is 120 Å². The first-order chi connectivity index (χ1) is 65.5. The largest absolute Gasteiger partial charge is 0.309 e. The van der Waals surface area contributed by atoms with Crippen molar-refractivity contribution in [2.45, 2.75) is 0 Å². The highest BCUT2D eigenvalue weighted by Crippen LogP contribution is 2.49. The molecule has 27 rings (SSSR count). The quantitative estimate of drug-likeness (QED) is 0.117. The van der Waals surface area contributed by atoms with E-state index < -0.39 is 0 Å². The van der Waals surface area contributed by atoms with Crippen LogP contribution in [-0.2, 0) is 0 Å². The molecule has 618 valence electrons. The number of para-hydroxylation sites is 3. The highest BCUT2D eigenvalue weighted by Gasteiger charge is 2.26. The third-order valence-corrected chi connectivity index (χ3v) is 28.4. The van der Waals surface area contributed by atoms with E-state index in [1.165, 1.54) is 126 Å². The van der Waals surface area contributed by atoms with Gasteiger partial charge in [0.05, 0.1) is 33.1 Å². The van der Waals surface area contributed by atoms with Gasteiger partial charge in [-0.25, -0.2) is 34.9 Å². The molecule has 15 heteroatoms. The number of hydrogen-bond donors (Lipinski definition) is 0. The Morgan fingerprint density at radius 1 is 0.159 bits per heavy atom. The topological polar surface area (TPSA) is 131 Å². The number of aromatic nitrogens is 12. The average molecular weight is 1740 g/mol. The maximum atomic E-state index is 5.09. The van der Waals surface area contributed by atoms with Crippen LogP contribution in [0.25, 0.3) is 245 Å². The SMILES string of the molecule is c1ccc(-c2nc(-c3ccccc3)nc(-c3ccc(-n4c5ccccc5c5c6sc7c(-c8ccccc8)cccc7c6ccc54)cc3)n2)cc1.c1ccc(-c2nc(-c3ccccc3)nc(-c3ccc(-n4c5ccccc5c5c6sc7ccccc7c6ccc54)cc3)n2)cc1.c1ccc(-c2nc(-c3ccccc3)nc(-n3c4ccccc4c4ccc5sc6ccccc6c5c43)n2)cc1. The van der Waals surface area contributed by atoms with Crippen LogP contribution in [0.15, 0.2) is 437 Å². The summed E-state index contributed by atoms with van der Waals surface area (Å²) in [4.78, 5) is 44.5. The number of fused-ring (bicyclic) bond motifs is 21. The van der Waals surface area contributed by atoms with Gasteiger partial charge < -0.3 is 9.13 Å². The molecule has 0 aliphatic heterocycles. The second-order valence-electron chi connectivity index (χ2n) is 32.6. The molecule has 132 heavy (non-hydrogen) atoms. The van der Waals surface area contributed by atoms with Crippen LogP contribution in [0.4, 0.5) is 0 Å². The van der Waals surface area contributed by atoms with Gasteiger partial charge in [0.15, 0.2) is 46.6 Å². The van der Waals surface area contributed by atoms with E-state index >= 15 is 0 Å². The minimum atomic E-state index is 0.617. The van der Waals surface area contributed by atoms with Crippen molar-refractivity contribution in [2.24, 2.45) is 0 Å². The molecule has 0 saturated heterocycles. The molecule has 9 heterocycles. The van der Waals surface area contributed by atoms with Gasteiger partial charge in [-0.3, -0.25) is 4.57 Å². The fraction of sp³-hybridized carbons (Fsp3) is 0. The van der Waals surface area contributed by atoms with Gasteiger partial charge in [-0.05, 0) is 108 Å².